The van der Waals surface area contributed by atoms with E-state index >= 15 is 0 Å². The van der Waals surface area contributed by atoms with Crippen LogP contribution in [0.25, 0.3) is 0 Å². The zero-order valence-electron chi connectivity index (χ0n) is 20.1. The van der Waals surface area contributed by atoms with Crippen molar-refractivity contribution < 1.29 is 35.1 Å². The van der Waals surface area contributed by atoms with Crippen LogP contribution in [0.4, 0.5) is 0 Å². The molecule has 0 atom stereocenters. The number of hydrogen-bond acceptors (Lipinski definition) is 7. The summed E-state index contributed by atoms with van der Waals surface area (Å²) in [6.07, 6.45) is 11.6. The number of nitrogens with zero attached hydrogens (tertiary/aromatic N) is 2. The highest BCUT2D eigenvalue weighted by Crippen LogP contribution is 2.11. The van der Waals surface area contributed by atoms with Crippen LogP contribution in [0.15, 0.2) is 0 Å². The van der Waals surface area contributed by atoms with Gasteiger partial charge in [-0.25, -0.2) is 0 Å². The highest BCUT2D eigenvalue weighted by Gasteiger charge is 2.15. The lowest BCUT2D eigenvalue weighted by molar-refractivity contribution is -0.144. The van der Waals surface area contributed by atoms with Crippen LogP contribution >= 0.6 is 0 Å². The molecule has 0 saturated heterocycles. The van der Waals surface area contributed by atoms with Gasteiger partial charge in [-0.3, -0.25) is 14.5 Å². The maximum atomic E-state index is 12.0. The number of carboxylic acid groups (broad SMARTS) is 1. The predicted molar refractivity (Wildman–Crippen MR) is 125 cm³/mol. The fourth-order valence-corrected chi connectivity index (χ4v) is 3.22. The third kappa shape index (κ3) is 23.4. The fourth-order valence-electron chi connectivity index (χ4n) is 3.22. The second-order valence-corrected chi connectivity index (χ2v) is 7.88. The van der Waals surface area contributed by atoms with Gasteiger partial charge in [0.25, 0.3) is 0 Å². The molecule has 0 bridgehead atoms. The van der Waals surface area contributed by atoms with Crippen molar-refractivity contribution in [3.63, 3.8) is 0 Å². The average Bonchev–Trinajstić information content (AvgIpc) is 2.76. The van der Waals surface area contributed by atoms with E-state index in [1.165, 1.54) is 43.4 Å². The van der Waals surface area contributed by atoms with Crippen molar-refractivity contribution in [1.82, 2.24) is 9.80 Å². The topological polar surface area (TPSA) is 142 Å². The summed E-state index contributed by atoms with van der Waals surface area (Å²) in [5, 5.41) is 43.1. The lowest BCUT2D eigenvalue weighted by Crippen LogP contribution is -2.36. The van der Waals surface area contributed by atoms with Gasteiger partial charge >= 0.3 is 5.97 Å². The molecule has 0 rings (SSSR count). The number of unbranched alkanes of at least 4 members (excludes halogenated alkanes) is 8. The van der Waals surface area contributed by atoms with E-state index in [9.17, 15) is 9.59 Å². The number of carbonyl (C=O) groups is 2. The molecule has 9 heteroatoms. The summed E-state index contributed by atoms with van der Waals surface area (Å²) in [5.41, 5.74) is 0. The van der Waals surface area contributed by atoms with Crippen molar-refractivity contribution >= 4 is 11.9 Å². The largest absolute Gasteiger partial charge is 0.480 e. The number of aliphatic hydroxyl groups is 4. The van der Waals surface area contributed by atoms with Gasteiger partial charge in [0.05, 0.1) is 19.8 Å². The average molecular weight is 465 g/mol. The Balaban J connectivity index is 0. The summed E-state index contributed by atoms with van der Waals surface area (Å²) in [7, 11) is 0. The van der Waals surface area contributed by atoms with Crippen molar-refractivity contribution in [3.05, 3.63) is 0 Å². The van der Waals surface area contributed by atoms with Gasteiger partial charge in [-0.15, -0.1) is 0 Å². The van der Waals surface area contributed by atoms with Gasteiger partial charge in [0.15, 0.2) is 0 Å². The van der Waals surface area contributed by atoms with E-state index in [2.05, 4.69) is 6.92 Å². The summed E-state index contributed by atoms with van der Waals surface area (Å²) in [6.45, 7) is 3.99. The van der Waals surface area contributed by atoms with Crippen LogP contribution in [0.5, 0.6) is 0 Å². The van der Waals surface area contributed by atoms with E-state index in [1.54, 1.807) is 4.90 Å². The molecular weight excluding hydrogens is 416 g/mol. The Morgan fingerprint density at radius 3 is 1.50 bits per heavy atom. The van der Waals surface area contributed by atoms with Gasteiger partial charge in [0.1, 0.15) is 6.54 Å². The van der Waals surface area contributed by atoms with E-state index in [0.29, 0.717) is 39.0 Å². The maximum Gasteiger partial charge on any atom is 0.323 e. The third-order valence-electron chi connectivity index (χ3n) is 5.01. The van der Waals surface area contributed by atoms with Gasteiger partial charge in [-0.2, -0.15) is 0 Å². The van der Waals surface area contributed by atoms with Crippen molar-refractivity contribution in [2.75, 3.05) is 59.2 Å². The summed E-state index contributed by atoms with van der Waals surface area (Å²) in [4.78, 5) is 25.8. The first-order valence-electron chi connectivity index (χ1n) is 12.1. The first kappa shape index (κ1) is 32.9. The van der Waals surface area contributed by atoms with Crippen molar-refractivity contribution in [3.8, 4) is 0 Å². The molecule has 0 saturated carbocycles. The van der Waals surface area contributed by atoms with E-state index in [4.69, 9.17) is 25.5 Å². The van der Waals surface area contributed by atoms with E-state index in [-0.39, 0.29) is 38.9 Å². The number of aliphatic hydroxyl groups excluding tert-OH is 4. The number of hydrogen-bond donors (Lipinski definition) is 5. The van der Waals surface area contributed by atoms with E-state index in [1.807, 2.05) is 0 Å². The molecule has 5 N–H and O–H groups in total. The smallest absolute Gasteiger partial charge is 0.323 e. The highest BCUT2D eigenvalue weighted by molar-refractivity contribution is 5.81. The van der Waals surface area contributed by atoms with Crippen LogP contribution in [0, 0.1) is 0 Å². The Morgan fingerprint density at radius 2 is 1.09 bits per heavy atom. The zero-order chi connectivity index (χ0) is 24.5. The maximum absolute atomic E-state index is 12.0. The summed E-state index contributed by atoms with van der Waals surface area (Å²) >= 11 is 0. The molecule has 0 aliphatic carbocycles. The molecular formula is C23H48N2O7. The molecule has 0 heterocycles. The Kier molecular flexibility index (Phi) is 26.7. The number of rotatable bonds is 21. The molecule has 192 valence electrons. The standard InChI is InChI=1S/C17H33NO4.C6H15NO3/c1-2-3-4-5-6-7-8-9-10-12-16(20)18(13-11-14-19)15-17(21)22;8-4-1-7(2-5-9)3-6-10/h19H,2-15H2,1H3,(H,21,22);8-10H,1-6H2. The van der Waals surface area contributed by atoms with Gasteiger partial charge in [0.2, 0.25) is 5.91 Å². The van der Waals surface area contributed by atoms with Crippen LogP contribution in [0.3, 0.4) is 0 Å². The molecule has 0 radical (unpaired) electrons. The fraction of sp³-hybridized carbons (Fsp3) is 0.913. The molecule has 32 heavy (non-hydrogen) atoms. The minimum absolute atomic E-state index is 0.0264. The Morgan fingerprint density at radius 1 is 0.625 bits per heavy atom. The van der Waals surface area contributed by atoms with Crippen molar-refractivity contribution in [2.24, 2.45) is 0 Å². The molecule has 0 aliphatic rings. The lowest BCUT2D eigenvalue weighted by atomic mass is 10.1. The van der Waals surface area contributed by atoms with Gasteiger partial charge in [-0.05, 0) is 12.8 Å². The Bertz CT molecular complexity index is 411. The molecule has 0 unspecified atom stereocenters. The highest BCUT2D eigenvalue weighted by atomic mass is 16.4. The molecule has 9 nitrogen and oxygen atoms in total. The number of carbonyl (C=O) groups excluding carboxylic acids is 1. The molecule has 0 aromatic rings. The summed E-state index contributed by atoms with van der Waals surface area (Å²) in [5.74, 6) is -1.11. The van der Waals surface area contributed by atoms with Crippen LogP contribution < -0.4 is 0 Å². The Hall–Kier alpha value is -1.26. The first-order valence-corrected chi connectivity index (χ1v) is 12.1. The van der Waals surface area contributed by atoms with E-state index in [0.717, 1.165) is 19.3 Å². The van der Waals surface area contributed by atoms with Crippen LogP contribution in [0.2, 0.25) is 0 Å². The SMILES string of the molecule is CCCCCCCCCCCC(=O)N(CCCO)CC(=O)O.OCCN(CCO)CCO. The van der Waals surface area contributed by atoms with Crippen LogP contribution in [-0.4, -0.2) is 106 Å². The normalized spacial score (nSPS) is 10.7. The minimum atomic E-state index is -1.00. The van der Waals surface area contributed by atoms with Gasteiger partial charge in [-0.1, -0.05) is 58.3 Å². The summed E-state index contributed by atoms with van der Waals surface area (Å²) < 4.78 is 0. The zero-order valence-corrected chi connectivity index (χ0v) is 20.1. The molecule has 0 aromatic heterocycles. The van der Waals surface area contributed by atoms with Crippen LogP contribution in [-0.2, 0) is 9.59 Å². The van der Waals surface area contributed by atoms with E-state index < -0.39 is 5.97 Å². The monoisotopic (exact) mass is 464 g/mol. The van der Waals surface area contributed by atoms with Crippen LogP contribution in [0.1, 0.15) is 77.6 Å². The number of carboxylic acids is 1. The van der Waals surface area contributed by atoms with Crippen molar-refractivity contribution in [1.29, 1.82) is 0 Å². The quantitative estimate of drug-likeness (QED) is 0.161. The predicted octanol–water partition coefficient (Wildman–Crippen LogP) is 1.47. The number of aliphatic carboxylic acids is 1. The molecule has 0 aliphatic heterocycles. The molecule has 0 spiro atoms. The molecule has 0 fully saturated rings. The molecule has 1 amide bonds. The lowest BCUT2D eigenvalue weighted by Gasteiger charge is -2.20. The Labute approximate surface area is 194 Å². The minimum Gasteiger partial charge on any atom is -0.480 e. The first-order chi connectivity index (χ1) is 15.5. The second-order valence-electron chi connectivity index (χ2n) is 7.88. The second kappa shape index (κ2) is 26.0. The molecule has 0 aromatic carbocycles. The summed E-state index contributed by atoms with van der Waals surface area (Å²) in [6, 6.07) is 0. The van der Waals surface area contributed by atoms with Gasteiger partial charge < -0.3 is 30.4 Å². The van der Waals surface area contributed by atoms with Crippen molar-refractivity contribution in [2.45, 2.75) is 77.6 Å². The van der Waals surface area contributed by atoms with Gasteiger partial charge in [0, 0.05) is 39.2 Å². The third-order valence-corrected chi connectivity index (χ3v) is 5.01. The number of amides is 1.